The van der Waals surface area contributed by atoms with Crippen molar-refractivity contribution in [1.29, 1.82) is 0 Å². The number of imidazole rings is 1. The maximum absolute atomic E-state index is 14.7. The van der Waals surface area contributed by atoms with E-state index in [1.165, 1.54) is 18.9 Å². The lowest BCUT2D eigenvalue weighted by atomic mass is 10.0. The summed E-state index contributed by atoms with van der Waals surface area (Å²) in [6.45, 7) is 5.60. The van der Waals surface area contributed by atoms with Gasteiger partial charge in [0.1, 0.15) is 29.7 Å². The Hall–Kier alpha value is -4.50. The van der Waals surface area contributed by atoms with Crippen LogP contribution in [0.1, 0.15) is 18.7 Å². The first-order valence-corrected chi connectivity index (χ1v) is 13.6. The molecule has 0 atom stereocenters. The number of aryl methyl sites for hydroxylation is 1. The molecule has 6 aromatic rings. The van der Waals surface area contributed by atoms with Crippen LogP contribution in [-0.4, -0.2) is 60.9 Å². The molecule has 1 aliphatic heterocycles. The number of nitrogens with one attached hydrogen (secondary N) is 2. The van der Waals surface area contributed by atoms with Gasteiger partial charge in [-0.3, -0.25) is 10.00 Å². The number of H-pyrrole nitrogens is 2. The molecule has 0 aliphatic carbocycles. The Balaban J connectivity index is 1.23. The van der Waals surface area contributed by atoms with Crippen molar-refractivity contribution in [2.45, 2.75) is 19.8 Å². The van der Waals surface area contributed by atoms with Crippen molar-refractivity contribution < 1.29 is 9.13 Å². The largest absolute Gasteiger partial charge is 0.492 e. The van der Waals surface area contributed by atoms with Crippen molar-refractivity contribution in [2.24, 2.45) is 7.05 Å². The molecule has 1 fully saturated rings. The molecule has 7 rings (SSSR count). The van der Waals surface area contributed by atoms with Crippen LogP contribution in [0.15, 0.2) is 60.9 Å². The average molecular weight is 536 g/mol. The first-order chi connectivity index (χ1) is 19.5. The molecule has 5 heterocycles. The predicted octanol–water partition coefficient (Wildman–Crippen LogP) is 6.10. The van der Waals surface area contributed by atoms with Gasteiger partial charge in [0.15, 0.2) is 5.65 Å². The third-order valence-electron chi connectivity index (χ3n) is 7.91. The Morgan fingerprint density at radius 1 is 0.975 bits per heavy atom. The number of likely N-dealkylation sites (tertiary alicyclic amines) is 1. The van der Waals surface area contributed by atoms with E-state index in [0.717, 1.165) is 75.5 Å². The number of fused-ring (bicyclic) bond motifs is 2. The standard InChI is InChI=1S/C31H30FN7O/c1-19-33-18-29(38(19)2)21-14-26-30(36-37-31(26)34-17-21)28-16-25-24(6-5-7-27(25)35-28)20-12-22(32)15-23(13-20)40-11-10-39-8-3-4-9-39/h5-7,12-18,35H,3-4,8-11H2,1-2H3,(H,34,36,37). The van der Waals surface area contributed by atoms with Crippen LogP contribution in [-0.2, 0) is 7.05 Å². The van der Waals surface area contributed by atoms with Crippen LogP contribution in [0, 0.1) is 12.7 Å². The van der Waals surface area contributed by atoms with Crippen molar-refractivity contribution in [3.05, 3.63) is 72.6 Å². The van der Waals surface area contributed by atoms with Crippen LogP contribution < -0.4 is 4.74 Å². The fraction of sp³-hybridized carbons (Fsp3) is 0.258. The first-order valence-electron chi connectivity index (χ1n) is 13.6. The number of pyridine rings is 1. The zero-order chi connectivity index (χ0) is 27.2. The van der Waals surface area contributed by atoms with Crippen LogP contribution >= 0.6 is 0 Å². The van der Waals surface area contributed by atoms with Gasteiger partial charge in [0.25, 0.3) is 0 Å². The number of halogens is 1. The van der Waals surface area contributed by atoms with Gasteiger partial charge in [0, 0.05) is 47.7 Å². The molecule has 40 heavy (non-hydrogen) atoms. The molecular weight excluding hydrogens is 505 g/mol. The molecular formula is C31H30FN7O. The second kappa shape index (κ2) is 9.91. The van der Waals surface area contributed by atoms with Crippen molar-refractivity contribution in [3.8, 4) is 39.5 Å². The lowest BCUT2D eigenvalue weighted by Crippen LogP contribution is -2.25. The van der Waals surface area contributed by atoms with E-state index in [4.69, 9.17) is 4.74 Å². The minimum Gasteiger partial charge on any atom is -0.492 e. The number of aromatic nitrogens is 6. The van der Waals surface area contributed by atoms with Gasteiger partial charge in [0.05, 0.1) is 17.6 Å². The molecule has 0 unspecified atom stereocenters. The summed E-state index contributed by atoms with van der Waals surface area (Å²) < 4.78 is 22.7. The van der Waals surface area contributed by atoms with Gasteiger partial charge in [-0.05, 0) is 74.3 Å². The SMILES string of the molecule is Cc1ncc(-c2cnc3[nH]nc(-c4cc5c(-c6cc(F)cc(OCCN7CCCC7)c6)cccc5[nH]4)c3c2)n1C. The number of aromatic amines is 2. The topological polar surface area (TPSA) is 87.7 Å². The molecule has 202 valence electrons. The number of ether oxygens (including phenoxy) is 1. The number of hydrogen-bond donors (Lipinski definition) is 2. The zero-order valence-corrected chi connectivity index (χ0v) is 22.5. The maximum atomic E-state index is 14.7. The summed E-state index contributed by atoms with van der Waals surface area (Å²) in [5, 5.41) is 9.54. The summed E-state index contributed by atoms with van der Waals surface area (Å²) in [6, 6.07) is 15.1. The molecule has 0 bridgehead atoms. The van der Waals surface area contributed by atoms with Gasteiger partial charge < -0.3 is 14.3 Å². The number of nitrogens with zero attached hydrogens (tertiary/aromatic N) is 5. The predicted molar refractivity (Wildman–Crippen MR) is 155 cm³/mol. The van der Waals surface area contributed by atoms with Gasteiger partial charge in [0.2, 0.25) is 0 Å². The second-order valence-corrected chi connectivity index (χ2v) is 10.5. The van der Waals surface area contributed by atoms with Crippen molar-refractivity contribution in [3.63, 3.8) is 0 Å². The molecule has 2 aromatic carbocycles. The number of hydrogen-bond acceptors (Lipinski definition) is 5. The second-order valence-electron chi connectivity index (χ2n) is 10.5. The summed E-state index contributed by atoms with van der Waals surface area (Å²) in [6.07, 6.45) is 6.17. The van der Waals surface area contributed by atoms with Crippen molar-refractivity contribution in [2.75, 3.05) is 26.2 Å². The third-order valence-corrected chi connectivity index (χ3v) is 7.91. The third kappa shape index (κ3) is 4.42. The van der Waals surface area contributed by atoms with Gasteiger partial charge in [-0.1, -0.05) is 12.1 Å². The van der Waals surface area contributed by atoms with E-state index in [-0.39, 0.29) is 5.82 Å². The highest BCUT2D eigenvalue weighted by atomic mass is 19.1. The molecule has 0 spiro atoms. The van der Waals surface area contributed by atoms with E-state index >= 15 is 0 Å². The van der Waals surface area contributed by atoms with E-state index in [0.29, 0.717) is 18.0 Å². The highest BCUT2D eigenvalue weighted by Gasteiger charge is 2.17. The molecule has 0 radical (unpaired) electrons. The molecule has 4 aromatic heterocycles. The Labute approximate surface area is 230 Å². The molecule has 1 saturated heterocycles. The fourth-order valence-corrected chi connectivity index (χ4v) is 5.65. The average Bonchev–Trinajstić information content (AvgIpc) is 3.75. The Morgan fingerprint density at radius 2 is 1.85 bits per heavy atom. The molecule has 0 amide bonds. The fourth-order valence-electron chi connectivity index (χ4n) is 5.65. The summed E-state index contributed by atoms with van der Waals surface area (Å²) in [4.78, 5) is 14.9. The molecule has 1 aliphatic rings. The number of benzene rings is 2. The van der Waals surface area contributed by atoms with Gasteiger partial charge in [-0.15, -0.1) is 0 Å². The van der Waals surface area contributed by atoms with Crippen LogP contribution in [0.25, 0.3) is 55.7 Å². The van der Waals surface area contributed by atoms with E-state index < -0.39 is 0 Å². The minimum atomic E-state index is -0.316. The van der Waals surface area contributed by atoms with Crippen LogP contribution in [0.4, 0.5) is 4.39 Å². The van der Waals surface area contributed by atoms with Crippen LogP contribution in [0.5, 0.6) is 5.75 Å². The zero-order valence-electron chi connectivity index (χ0n) is 22.5. The summed E-state index contributed by atoms with van der Waals surface area (Å²) in [5.41, 5.74) is 6.92. The van der Waals surface area contributed by atoms with Gasteiger partial charge in [-0.25, -0.2) is 14.4 Å². The summed E-state index contributed by atoms with van der Waals surface area (Å²) >= 11 is 0. The Morgan fingerprint density at radius 3 is 2.67 bits per heavy atom. The lowest BCUT2D eigenvalue weighted by Gasteiger charge is -2.15. The normalized spacial score (nSPS) is 14.1. The van der Waals surface area contributed by atoms with E-state index in [1.54, 1.807) is 6.07 Å². The smallest absolute Gasteiger partial charge is 0.155 e. The Kier molecular flexibility index (Phi) is 6.08. The maximum Gasteiger partial charge on any atom is 0.155 e. The van der Waals surface area contributed by atoms with E-state index in [1.807, 2.05) is 55.2 Å². The Bertz CT molecular complexity index is 1840. The highest BCUT2D eigenvalue weighted by molar-refractivity contribution is 6.01. The quantitative estimate of drug-likeness (QED) is 0.258. The molecule has 8 nitrogen and oxygen atoms in total. The van der Waals surface area contributed by atoms with Crippen molar-refractivity contribution >= 4 is 21.9 Å². The van der Waals surface area contributed by atoms with Gasteiger partial charge >= 0.3 is 0 Å². The molecule has 9 heteroatoms. The first kappa shape index (κ1) is 24.5. The van der Waals surface area contributed by atoms with E-state index in [2.05, 4.69) is 42.2 Å². The molecule has 0 saturated carbocycles. The summed E-state index contributed by atoms with van der Waals surface area (Å²) in [5.74, 6) is 1.16. The molecule has 2 N–H and O–H groups in total. The van der Waals surface area contributed by atoms with Gasteiger partial charge in [-0.2, -0.15) is 5.10 Å². The van der Waals surface area contributed by atoms with Crippen molar-refractivity contribution in [1.82, 2.24) is 34.6 Å². The highest BCUT2D eigenvalue weighted by Crippen LogP contribution is 2.36. The summed E-state index contributed by atoms with van der Waals surface area (Å²) in [7, 11) is 1.99. The lowest BCUT2D eigenvalue weighted by molar-refractivity contribution is 0.237. The van der Waals surface area contributed by atoms with E-state index in [9.17, 15) is 4.39 Å². The van der Waals surface area contributed by atoms with Crippen LogP contribution in [0.3, 0.4) is 0 Å². The number of rotatable bonds is 7. The monoisotopic (exact) mass is 535 g/mol. The minimum absolute atomic E-state index is 0.316. The van der Waals surface area contributed by atoms with Crippen LogP contribution in [0.2, 0.25) is 0 Å².